The van der Waals surface area contributed by atoms with E-state index in [1.165, 1.54) is 12.1 Å². The second-order valence-electron chi connectivity index (χ2n) is 6.82. The molecule has 2 N–H and O–H groups in total. The first-order valence-electron chi connectivity index (χ1n) is 9.27. The molecule has 0 spiro atoms. The molecule has 6 heteroatoms. The number of hydrogen-bond donors (Lipinski definition) is 2. The molecule has 2 amide bonds. The number of benzene rings is 2. The summed E-state index contributed by atoms with van der Waals surface area (Å²) in [6.07, 6.45) is 1.81. The summed E-state index contributed by atoms with van der Waals surface area (Å²) in [5.41, 5.74) is 2.06. The standard InChI is InChI=1S/C21H26FN3O2/c1-27-20-5-3-2-4-17(20)14-23-21(26)24-19-10-12-25(13-11-19)15-16-6-8-18(22)9-7-16/h2-9,19H,10-15H2,1H3,(H2,23,24,26). The van der Waals surface area contributed by atoms with E-state index >= 15 is 0 Å². The summed E-state index contributed by atoms with van der Waals surface area (Å²) in [6, 6.07) is 14.3. The predicted octanol–water partition coefficient (Wildman–Crippen LogP) is 3.30. The van der Waals surface area contributed by atoms with Gasteiger partial charge in [0.25, 0.3) is 0 Å². The van der Waals surface area contributed by atoms with Crippen LogP contribution in [0.25, 0.3) is 0 Å². The Morgan fingerprint density at radius 3 is 2.56 bits per heavy atom. The van der Waals surface area contributed by atoms with Crippen molar-refractivity contribution in [1.82, 2.24) is 15.5 Å². The van der Waals surface area contributed by atoms with Crippen molar-refractivity contribution in [3.05, 3.63) is 65.5 Å². The number of nitrogens with zero attached hydrogens (tertiary/aromatic N) is 1. The Morgan fingerprint density at radius 1 is 1.15 bits per heavy atom. The highest BCUT2D eigenvalue weighted by Gasteiger charge is 2.20. The summed E-state index contributed by atoms with van der Waals surface area (Å²) in [5.74, 6) is 0.563. The number of amides is 2. The first kappa shape index (κ1) is 19.2. The Labute approximate surface area is 159 Å². The molecular formula is C21H26FN3O2. The number of carbonyl (C=O) groups is 1. The summed E-state index contributed by atoms with van der Waals surface area (Å²) >= 11 is 0. The Morgan fingerprint density at radius 2 is 1.85 bits per heavy atom. The lowest BCUT2D eigenvalue weighted by Crippen LogP contribution is -2.47. The van der Waals surface area contributed by atoms with Crippen molar-refractivity contribution in [1.29, 1.82) is 0 Å². The van der Waals surface area contributed by atoms with Gasteiger partial charge in [0.05, 0.1) is 7.11 Å². The van der Waals surface area contributed by atoms with Gasteiger partial charge in [-0.25, -0.2) is 9.18 Å². The van der Waals surface area contributed by atoms with Crippen LogP contribution < -0.4 is 15.4 Å². The lowest BCUT2D eigenvalue weighted by atomic mass is 10.0. The molecule has 2 aromatic carbocycles. The average Bonchev–Trinajstić information content (AvgIpc) is 2.70. The minimum atomic E-state index is -0.208. The maximum Gasteiger partial charge on any atom is 0.315 e. The van der Waals surface area contributed by atoms with Gasteiger partial charge in [-0.05, 0) is 36.6 Å². The van der Waals surface area contributed by atoms with Crippen LogP contribution in [0.1, 0.15) is 24.0 Å². The van der Waals surface area contributed by atoms with Gasteiger partial charge in [-0.1, -0.05) is 30.3 Å². The van der Waals surface area contributed by atoms with E-state index in [1.54, 1.807) is 7.11 Å². The minimum Gasteiger partial charge on any atom is -0.496 e. The van der Waals surface area contributed by atoms with Crippen molar-refractivity contribution < 1.29 is 13.9 Å². The highest BCUT2D eigenvalue weighted by Crippen LogP contribution is 2.17. The van der Waals surface area contributed by atoms with Crippen molar-refractivity contribution in [2.75, 3.05) is 20.2 Å². The molecule has 0 radical (unpaired) electrons. The Balaban J connectivity index is 1.39. The van der Waals surface area contributed by atoms with Gasteiger partial charge >= 0.3 is 6.03 Å². The molecule has 1 aliphatic rings. The van der Waals surface area contributed by atoms with Crippen molar-refractivity contribution in [3.8, 4) is 5.75 Å². The largest absolute Gasteiger partial charge is 0.496 e. The third-order valence-electron chi connectivity index (χ3n) is 4.87. The number of para-hydroxylation sites is 1. The van der Waals surface area contributed by atoms with E-state index in [9.17, 15) is 9.18 Å². The molecule has 0 bridgehead atoms. The van der Waals surface area contributed by atoms with Crippen molar-refractivity contribution >= 4 is 6.03 Å². The fraction of sp³-hybridized carbons (Fsp3) is 0.381. The van der Waals surface area contributed by atoms with Gasteiger partial charge in [0.2, 0.25) is 0 Å². The van der Waals surface area contributed by atoms with Crippen LogP contribution in [-0.2, 0) is 13.1 Å². The van der Waals surface area contributed by atoms with Crippen LogP contribution in [0.5, 0.6) is 5.75 Å². The minimum absolute atomic E-state index is 0.155. The van der Waals surface area contributed by atoms with Crippen LogP contribution in [0.3, 0.4) is 0 Å². The fourth-order valence-corrected chi connectivity index (χ4v) is 3.34. The Bertz CT molecular complexity index is 743. The van der Waals surface area contributed by atoms with Crippen molar-refractivity contribution in [2.24, 2.45) is 0 Å². The molecule has 2 aromatic rings. The SMILES string of the molecule is COc1ccccc1CNC(=O)NC1CCN(Cc2ccc(F)cc2)CC1. The molecule has 144 valence electrons. The number of methoxy groups -OCH3 is 1. The molecule has 0 aromatic heterocycles. The Hall–Kier alpha value is -2.60. The van der Waals surface area contributed by atoms with E-state index in [1.807, 2.05) is 36.4 Å². The molecule has 0 aliphatic carbocycles. The lowest BCUT2D eigenvalue weighted by Gasteiger charge is -2.32. The zero-order valence-corrected chi connectivity index (χ0v) is 15.6. The molecule has 1 aliphatic heterocycles. The summed E-state index contributed by atoms with van der Waals surface area (Å²) in [6.45, 7) is 3.07. The normalized spacial score (nSPS) is 15.3. The van der Waals surface area contributed by atoms with E-state index in [4.69, 9.17) is 4.74 Å². The third-order valence-corrected chi connectivity index (χ3v) is 4.87. The summed E-state index contributed by atoms with van der Waals surface area (Å²) in [4.78, 5) is 14.5. The van der Waals surface area contributed by atoms with Gasteiger partial charge < -0.3 is 15.4 Å². The van der Waals surface area contributed by atoms with Crippen LogP contribution >= 0.6 is 0 Å². The maximum atomic E-state index is 13.0. The molecule has 5 nitrogen and oxygen atoms in total. The van der Waals surface area contributed by atoms with Crippen LogP contribution in [0.4, 0.5) is 9.18 Å². The zero-order valence-electron chi connectivity index (χ0n) is 15.6. The predicted molar refractivity (Wildman–Crippen MR) is 103 cm³/mol. The third kappa shape index (κ3) is 5.69. The van der Waals surface area contributed by atoms with Crippen LogP contribution in [0, 0.1) is 5.82 Å². The molecule has 0 unspecified atom stereocenters. The highest BCUT2D eigenvalue weighted by atomic mass is 19.1. The lowest BCUT2D eigenvalue weighted by molar-refractivity contribution is 0.186. The van der Waals surface area contributed by atoms with Gasteiger partial charge in [-0.2, -0.15) is 0 Å². The number of nitrogens with one attached hydrogen (secondary N) is 2. The average molecular weight is 371 g/mol. The summed E-state index contributed by atoms with van der Waals surface area (Å²) in [7, 11) is 1.62. The van der Waals surface area contributed by atoms with Gasteiger partial charge in [-0.3, -0.25) is 4.90 Å². The summed E-state index contributed by atoms with van der Waals surface area (Å²) in [5, 5.41) is 5.95. The van der Waals surface area contributed by atoms with E-state index in [-0.39, 0.29) is 17.9 Å². The monoisotopic (exact) mass is 371 g/mol. The van der Waals surface area contributed by atoms with Gasteiger partial charge in [-0.15, -0.1) is 0 Å². The number of carbonyl (C=O) groups excluding carboxylic acids is 1. The highest BCUT2D eigenvalue weighted by molar-refractivity contribution is 5.74. The fourth-order valence-electron chi connectivity index (χ4n) is 3.34. The van der Waals surface area contributed by atoms with Crippen molar-refractivity contribution in [3.63, 3.8) is 0 Å². The maximum absolute atomic E-state index is 13.0. The van der Waals surface area contributed by atoms with Gasteiger partial charge in [0, 0.05) is 37.8 Å². The van der Waals surface area contributed by atoms with E-state index in [0.29, 0.717) is 6.54 Å². The first-order valence-corrected chi connectivity index (χ1v) is 9.27. The second kappa shape index (κ2) is 9.37. The number of piperidine rings is 1. The van der Waals surface area contributed by atoms with Crippen LogP contribution in [0.2, 0.25) is 0 Å². The molecule has 0 saturated carbocycles. The van der Waals surface area contributed by atoms with Crippen LogP contribution in [-0.4, -0.2) is 37.2 Å². The molecule has 0 atom stereocenters. The molecular weight excluding hydrogens is 345 g/mol. The molecule has 1 saturated heterocycles. The smallest absolute Gasteiger partial charge is 0.315 e. The Kier molecular flexibility index (Phi) is 6.65. The van der Waals surface area contributed by atoms with E-state index in [2.05, 4.69) is 15.5 Å². The number of hydrogen-bond acceptors (Lipinski definition) is 3. The molecule has 27 heavy (non-hydrogen) atoms. The first-order chi connectivity index (χ1) is 13.1. The summed E-state index contributed by atoms with van der Waals surface area (Å²) < 4.78 is 18.3. The number of ether oxygens (including phenoxy) is 1. The van der Waals surface area contributed by atoms with Crippen LogP contribution in [0.15, 0.2) is 48.5 Å². The van der Waals surface area contributed by atoms with Gasteiger partial charge in [0.1, 0.15) is 11.6 Å². The molecule has 3 rings (SSSR count). The number of rotatable bonds is 6. The van der Waals surface area contributed by atoms with Crippen molar-refractivity contribution in [2.45, 2.75) is 32.0 Å². The molecule has 1 heterocycles. The topological polar surface area (TPSA) is 53.6 Å². The van der Waals surface area contributed by atoms with E-state index < -0.39 is 0 Å². The van der Waals surface area contributed by atoms with Gasteiger partial charge in [0.15, 0.2) is 0 Å². The van der Waals surface area contributed by atoms with E-state index in [0.717, 1.165) is 49.4 Å². The second-order valence-corrected chi connectivity index (χ2v) is 6.82. The number of urea groups is 1. The zero-order chi connectivity index (χ0) is 19.1. The quantitative estimate of drug-likeness (QED) is 0.819. The number of halogens is 1. The number of likely N-dealkylation sites (tertiary alicyclic amines) is 1. The molecule has 1 fully saturated rings.